The normalized spacial score (nSPS) is 12.0. The van der Waals surface area contributed by atoms with Gasteiger partial charge in [-0.3, -0.25) is 9.59 Å². The number of carboxylic acid groups (broad SMARTS) is 1. The summed E-state index contributed by atoms with van der Waals surface area (Å²) in [5.74, 6) is -2.92. The van der Waals surface area contributed by atoms with E-state index in [0.717, 1.165) is 38.7 Å². The van der Waals surface area contributed by atoms with Gasteiger partial charge in [0.15, 0.2) is 0 Å². The number of benzene rings is 6. The van der Waals surface area contributed by atoms with Crippen LogP contribution < -0.4 is 10.6 Å². The summed E-state index contributed by atoms with van der Waals surface area (Å²) >= 11 is 0. The topological polar surface area (TPSA) is 203 Å². The summed E-state index contributed by atoms with van der Waals surface area (Å²) < 4.78 is 31.4. The number of esters is 3. The molecule has 0 fully saturated rings. The van der Waals surface area contributed by atoms with E-state index in [1.165, 1.54) is 0 Å². The largest absolute Gasteiger partial charge is 0.480 e. The van der Waals surface area contributed by atoms with E-state index in [-0.39, 0.29) is 52.4 Å². The Hall–Kier alpha value is -9.18. The average Bonchev–Trinajstić information content (AvgIpc) is 3.93. The number of aliphatic carboxylic acids is 1. The number of rotatable bonds is 21. The van der Waals surface area contributed by atoms with Crippen molar-refractivity contribution in [1.29, 1.82) is 0 Å². The van der Waals surface area contributed by atoms with E-state index in [1.807, 2.05) is 146 Å². The number of carboxylic acids is 1. The van der Waals surface area contributed by atoms with Crippen molar-refractivity contribution in [3.05, 3.63) is 203 Å². The van der Waals surface area contributed by atoms with Crippen molar-refractivity contribution in [3.8, 4) is 11.1 Å². The maximum atomic E-state index is 14.0. The Bertz CT molecular complexity index is 3310. The average molecular weight is 1030 g/mol. The number of para-hydroxylation sites is 1. The molecule has 0 spiro atoms. The predicted molar refractivity (Wildman–Crippen MR) is 283 cm³/mol. The van der Waals surface area contributed by atoms with E-state index >= 15 is 0 Å². The van der Waals surface area contributed by atoms with Crippen LogP contribution in [0.3, 0.4) is 0 Å². The highest BCUT2D eigenvalue weighted by molar-refractivity contribution is 5.91. The molecule has 0 unspecified atom stereocenters. The number of carbonyl (C=O) groups is 6. The van der Waals surface area contributed by atoms with Crippen LogP contribution in [0.2, 0.25) is 0 Å². The number of hydrogen-bond donors (Lipinski definition) is 3. The van der Waals surface area contributed by atoms with E-state index < -0.39 is 53.7 Å². The van der Waals surface area contributed by atoms with Gasteiger partial charge in [-0.1, -0.05) is 146 Å². The van der Waals surface area contributed by atoms with E-state index in [1.54, 1.807) is 54.4 Å². The monoisotopic (exact) mass is 1030 g/mol. The van der Waals surface area contributed by atoms with Crippen LogP contribution in [0, 0.1) is 0 Å². The van der Waals surface area contributed by atoms with Gasteiger partial charge in [0.05, 0.1) is 0 Å². The van der Waals surface area contributed by atoms with Gasteiger partial charge in [0.1, 0.15) is 57.2 Å². The van der Waals surface area contributed by atoms with Crippen LogP contribution in [0.4, 0.5) is 9.59 Å². The highest BCUT2D eigenvalue weighted by Gasteiger charge is 2.28. The van der Waals surface area contributed by atoms with Crippen molar-refractivity contribution in [2.45, 2.75) is 90.8 Å². The van der Waals surface area contributed by atoms with Gasteiger partial charge in [0.2, 0.25) is 0 Å². The van der Waals surface area contributed by atoms with Crippen molar-refractivity contribution < 1.29 is 57.6 Å². The molecule has 2 atom stereocenters. The Morgan fingerprint density at radius 1 is 0.487 bits per heavy atom. The Labute approximate surface area is 439 Å². The third kappa shape index (κ3) is 14.7. The first-order valence-corrected chi connectivity index (χ1v) is 24.7. The molecule has 0 aliphatic rings. The molecular weight excluding hydrogens is 969 g/mol. The molecule has 16 nitrogen and oxygen atoms in total. The quantitative estimate of drug-likeness (QED) is 0.0455. The summed E-state index contributed by atoms with van der Waals surface area (Å²) in [6, 6.07) is 45.3. The molecule has 8 aromatic rings. The Balaban J connectivity index is 0.980. The molecule has 0 saturated heterocycles. The first-order valence-electron chi connectivity index (χ1n) is 24.7. The van der Waals surface area contributed by atoms with Crippen LogP contribution in [0.15, 0.2) is 170 Å². The zero-order chi connectivity index (χ0) is 53.6. The lowest BCUT2D eigenvalue weighted by Crippen LogP contribution is -2.43. The van der Waals surface area contributed by atoms with Crippen LogP contribution in [0.5, 0.6) is 0 Å². The fourth-order valence-corrected chi connectivity index (χ4v) is 8.63. The maximum Gasteiger partial charge on any atom is 0.408 e. The number of fused-ring (bicyclic) bond motifs is 2. The first-order chi connectivity index (χ1) is 36.6. The Kier molecular flexibility index (Phi) is 17.3. The summed E-state index contributed by atoms with van der Waals surface area (Å²) in [5, 5.41) is 16.7. The third-order valence-corrected chi connectivity index (χ3v) is 12.2. The molecule has 0 aliphatic heterocycles. The summed E-state index contributed by atoms with van der Waals surface area (Å²) in [6.07, 6.45) is 1.77. The number of amides is 2. The molecule has 0 bridgehead atoms. The summed E-state index contributed by atoms with van der Waals surface area (Å²) in [4.78, 5) is 79.1. The number of nitrogens with one attached hydrogen (secondary N) is 2. The number of alkyl carbamates (subject to hydrolysis) is 2. The van der Waals surface area contributed by atoms with Crippen molar-refractivity contribution in [2.24, 2.45) is 0 Å². The molecule has 8 rings (SSSR count). The van der Waals surface area contributed by atoms with E-state index in [0.29, 0.717) is 27.6 Å². The van der Waals surface area contributed by atoms with E-state index in [2.05, 4.69) is 10.6 Å². The molecule has 76 heavy (non-hydrogen) atoms. The number of hydrogen-bond acceptors (Lipinski definition) is 11. The highest BCUT2D eigenvalue weighted by atomic mass is 16.6. The number of nitrogens with zero attached hydrogens (tertiary/aromatic N) is 2. The van der Waals surface area contributed by atoms with Crippen molar-refractivity contribution in [2.75, 3.05) is 0 Å². The van der Waals surface area contributed by atoms with Crippen LogP contribution >= 0.6 is 0 Å². The lowest BCUT2D eigenvalue weighted by atomic mass is 10.00. The van der Waals surface area contributed by atoms with Crippen LogP contribution in [0.25, 0.3) is 32.9 Å². The zero-order valence-electron chi connectivity index (χ0n) is 42.3. The Morgan fingerprint density at radius 3 is 1.39 bits per heavy atom. The molecule has 0 aliphatic carbocycles. The van der Waals surface area contributed by atoms with E-state index in [9.17, 15) is 33.9 Å². The molecule has 2 amide bonds. The lowest BCUT2D eigenvalue weighted by molar-refractivity contribution is -0.155. The fourth-order valence-electron chi connectivity index (χ4n) is 8.63. The van der Waals surface area contributed by atoms with Gasteiger partial charge in [-0.05, 0) is 77.4 Å². The molecule has 0 saturated carbocycles. The zero-order valence-corrected chi connectivity index (χ0v) is 42.3. The first kappa shape index (κ1) is 53.1. The van der Waals surface area contributed by atoms with Crippen molar-refractivity contribution in [3.63, 3.8) is 0 Å². The van der Waals surface area contributed by atoms with Crippen LogP contribution in [-0.2, 0) is 95.2 Å². The summed E-state index contributed by atoms with van der Waals surface area (Å²) in [6.45, 7) is 4.73. The van der Waals surface area contributed by atoms with Gasteiger partial charge < -0.3 is 48.6 Å². The second-order valence-corrected chi connectivity index (χ2v) is 19.1. The molecule has 390 valence electrons. The van der Waals surface area contributed by atoms with Gasteiger partial charge in [-0.15, -0.1) is 0 Å². The smallest absolute Gasteiger partial charge is 0.408 e. The molecule has 0 radical (unpaired) electrons. The summed E-state index contributed by atoms with van der Waals surface area (Å²) in [5.41, 5.74) is 6.36. The number of ether oxygens (including phenoxy) is 5. The van der Waals surface area contributed by atoms with Gasteiger partial charge in [0.25, 0.3) is 0 Å². The molecule has 3 N–H and O–H groups in total. The predicted octanol–water partition coefficient (Wildman–Crippen LogP) is 9.85. The SMILES string of the molecule is CC(C)(C)OC(=O)Cn1cc(C[C@H](NC(=O)OCc2ccccc2)C(=O)OCc2ccc(-c3ccc4c(C[C@H](NC(=O)OCc5ccccc5)C(=O)OCc5ccccc5)cn(CC(=O)O)c4c3)cc2)c2ccccc21. The summed E-state index contributed by atoms with van der Waals surface area (Å²) in [7, 11) is 0. The molecule has 2 heterocycles. The van der Waals surface area contributed by atoms with Gasteiger partial charge in [0, 0.05) is 47.0 Å². The number of carbonyl (C=O) groups excluding carboxylic acids is 5. The standard InChI is InChI=1S/C60H58N4O12/c1-60(2,3)76-55(67)35-64-33-46(48-21-13-14-22-52(48)64)29-50(61-58(70)74-38-41-17-9-5-10-18-41)57(69)73-37-43-23-25-44(26-24-43)45-27-28-49-47(32-63(34-54(65)66)53(49)31-45)30-51(56(68)72-36-40-15-7-4-8-16-40)62-59(71)75-39-42-19-11-6-12-20-42/h4-28,31-33,50-51H,29-30,34-39H2,1-3H3,(H,61,70)(H,62,71)(H,65,66)/t50-,51-/m0/s1. The third-order valence-electron chi connectivity index (χ3n) is 12.2. The lowest BCUT2D eigenvalue weighted by Gasteiger charge is -2.19. The molecule has 2 aromatic heterocycles. The number of aromatic nitrogens is 2. The van der Waals surface area contributed by atoms with Gasteiger partial charge >= 0.3 is 36.1 Å². The fraction of sp³-hybridized carbons (Fsp3) is 0.233. The highest BCUT2D eigenvalue weighted by Crippen LogP contribution is 2.30. The van der Waals surface area contributed by atoms with Crippen molar-refractivity contribution in [1.82, 2.24) is 19.8 Å². The second kappa shape index (κ2) is 24.7. The second-order valence-electron chi connectivity index (χ2n) is 19.1. The molecule has 6 aromatic carbocycles. The van der Waals surface area contributed by atoms with Crippen molar-refractivity contribution >= 4 is 57.9 Å². The molecular formula is C60H58N4O12. The maximum absolute atomic E-state index is 14.0. The van der Waals surface area contributed by atoms with Gasteiger partial charge in [-0.2, -0.15) is 0 Å². The van der Waals surface area contributed by atoms with Gasteiger partial charge in [-0.25, -0.2) is 19.2 Å². The Morgan fingerprint density at radius 2 is 0.908 bits per heavy atom. The van der Waals surface area contributed by atoms with Crippen LogP contribution in [-0.4, -0.2) is 68.0 Å². The minimum absolute atomic E-state index is 0.0185. The van der Waals surface area contributed by atoms with E-state index in [4.69, 9.17) is 23.7 Å². The minimum Gasteiger partial charge on any atom is -0.480 e. The van der Waals surface area contributed by atoms with Crippen LogP contribution in [0.1, 0.15) is 54.2 Å². The molecule has 16 heteroatoms. The minimum atomic E-state index is -1.19.